The van der Waals surface area contributed by atoms with E-state index in [9.17, 15) is 13.2 Å². The number of carbonyl (C=O) groups is 1. The molecule has 0 aliphatic heterocycles. The lowest BCUT2D eigenvalue weighted by Gasteiger charge is -2.13. The van der Waals surface area contributed by atoms with E-state index >= 15 is 0 Å². The Balaban J connectivity index is 1.82. The van der Waals surface area contributed by atoms with Crippen molar-refractivity contribution in [1.82, 2.24) is 5.32 Å². The first kappa shape index (κ1) is 16.4. The molecule has 1 heterocycles. The highest BCUT2D eigenvalue weighted by Gasteiger charge is 2.26. The number of aryl methyl sites for hydroxylation is 2. The van der Waals surface area contributed by atoms with Gasteiger partial charge in [-0.15, -0.1) is 11.3 Å². The molecule has 0 spiro atoms. The molecule has 0 saturated carbocycles. The van der Waals surface area contributed by atoms with Crippen molar-refractivity contribution in [1.29, 1.82) is 0 Å². The molecule has 3 rings (SSSR count). The van der Waals surface area contributed by atoms with Gasteiger partial charge in [0, 0.05) is 9.90 Å². The van der Waals surface area contributed by atoms with Gasteiger partial charge in [0.25, 0.3) is 5.91 Å². The fourth-order valence-electron chi connectivity index (χ4n) is 2.83. The molecular weight excluding hydrogens is 356 g/mol. The van der Waals surface area contributed by atoms with E-state index < -0.39 is 10.0 Å². The van der Waals surface area contributed by atoms with Crippen LogP contribution in [0.3, 0.4) is 0 Å². The Hall–Kier alpha value is -1.41. The number of halogens is 1. The van der Waals surface area contributed by atoms with Gasteiger partial charge in [-0.2, -0.15) is 0 Å². The molecular formula is C15H15ClN2O3S2. The van der Waals surface area contributed by atoms with E-state index in [1.807, 2.05) is 12.1 Å². The van der Waals surface area contributed by atoms with E-state index in [1.54, 1.807) is 13.0 Å². The van der Waals surface area contributed by atoms with Gasteiger partial charge in [-0.1, -0.05) is 17.7 Å². The van der Waals surface area contributed by atoms with Gasteiger partial charge in [-0.05, 0) is 49.1 Å². The van der Waals surface area contributed by atoms with E-state index in [0.29, 0.717) is 14.8 Å². The van der Waals surface area contributed by atoms with Crippen LogP contribution in [0.1, 0.15) is 38.1 Å². The number of sulfonamides is 1. The van der Waals surface area contributed by atoms with E-state index in [1.165, 1.54) is 6.07 Å². The quantitative estimate of drug-likeness (QED) is 0.870. The van der Waals surface area contributed by atoms with Crippen LogP contribution >= 0.6 is 22.9 Å². The molecule has 3 N–H and O–H groups in total. The van der Waals surface area contributed by atoms with Crippen LogP contribution < -0.4 is 10.5 Å². The van der Waals surface area contributed by atoms with Crippen LogP contribution in [-0.4, -0.2) is 14.3 Å². The first-order chi connectivity index (χ1) is 10.8. The summed E-state index contributed by atoms with van der Waals surface area (Å²) in [7, 11) is -3.81. The molecule has 1 aromatic heterocycles. The number of nitrogens with one attached hydrogen (secondary N) is 1. The third-order valence-corrected chi connectivity index (χ3v) is 6.34. The summed E-state index contributed by atoms with van der Waals surface area (Å²) in [5, 5.41) is 8.79. The van der Waals surface area contributed by atoms with Gasteiger partial charge >= 0.3 is 0 Å². The zero-order valence-electron chi connectivity index (χ0n) is 12.3. The lowest BCUT2D eigenvalue weighted by molar-refractivity contribution is 0.0940. The molecule has 8 heteroatoms. The molecule has 1 aliphatic carbocycles. The minimum Gasteiger partial charge on any atom is -0.345 e. The molecule has 1 amide bonds. The number of thiophene rings is 1. The Morgan fingerprint density at radius 3 is 2.78 bits per heavy atom. The van der Waals surface area contributed by atoms with Crippen molar-refractivity contribution >= 4 is 38.9 Å². The topological polar surface area (TPSA) is 89.3 Å². The Morgan fingerprint density at radius 1 is 1.39 bits per heavy atom. The Labute approximate surface area is 143 Å². The highest BCUT2D eigenvalue weighted by atomic mass is 35.5. The SMILES string of the molecule is Cc1sc(C(=O)N[C@@H]2CCc3cc(Cl)ccc32)cc1S(N)(=O)=O. The van der Waals surface area contributed by atoms with E-state index in [4.69, 9.17) is 16.7 Å². The number of carbonyl (C=O) groups excluding carboxylic acids is 1. The molecule has 0 saturated heterocycles. The summed E-state index contributed by atoms with van der Waals surface area (Å²) >= 11 is 7.11. The number of fused-ring (bicyclic) bond motifs is 1. The van der Waals surface area contributed by atoms with Gasteiger partial charge in [-0.3, -0.25) is 4.79 Å². The number of amides is 1. The third-order valence-electron chi connectivity index (χ3n) is 3.89. The zero-order valence-corrected chi connectivity index (χ0v) is 14.7. The van der Waals surface area contributed by atoms with E-state index in [2.05, 4.69) is 5.32 Å². The molecule has 0 fully saturated rings. The smallest absolute Gasteiger partial charge is 0.261 e. The van der Waals surface area contributed by atoms with Crippen molar-refractivity contribution in [2.45, 2.75) is 30.7 Å². The van der Waals surface area contributed by atoms with E-state index in [0.717, 1.165) is 35.3 Å². The van der Waals surface area contributed by atoms with Crippen molar-refractivity contribution < 1.29 is 13.2 Å². The number of benzene rings is 1. The number of nitrogens with two attached hydrogens (primary N) is 1. The lowest BCUT2D eigenvalue weighted by atomic mass is 10.1. The first-order valence-corrected chi connectivity index (χ1v) is 9.72. The average Bonchev–Trinajstić information content (AvgIpc) is 3.02. The summed E-state index contributed by atoms with van der Waals surface area (Å²) in [4.78, 5) is 13.3. The normalized spacial score (nSPS) is 17.1. The monoisotopic (exact) mass is 370 g/mol. The Bertz CT molecular complexity index is 890. The van der Waals surface area contributed by atoms with Gasteiger partial charge in [-0.25, -0.2) is 13.6 Å². The van der Waals surface area contributed by atoms with Crippen molar-refractivity contribution in [2.75, 3.05) is 0 Å². The van der Waals surface area contributed by atoms with Crippen LogP contribution in [0.2, 0.25) is 5.02 Å². The second-order valence-electron chi connectivity index (χ2n) is 5.48. The van der Waals surface area contributed by atoms with Crippen LogP contribution in [0.15, 0.2) is 29.2 Å². The molecule has 1 atom stereocenters. The summed E-state index contributed by atoms with van der Waals surface area (Å²) < 4.78 is 22.9. The second kappa shape index (κ2) is 5.90. The van der Waals surface area contributed by atoms with Crippen molar-refractivity contribution in [3.05, 3.63) is 50.2 Å². The van der Waals surface area contributed by atoms with E-state index in [-0.39, 0.29) is 16.8 Å². The third kappa shape index (κ3) is 3.28. The second-order valence-corrected chi connectivity index (χ2v) is 8.71. The maximum absolute atomic E-state index is 12.4. The zero-order chi connectivity index (χ0) is 16.8. The highest BCUT2D eigenvalue weighted by molar-refractivity contribution is 7.89. The summed E-state index contributed by atoms with van der Waals surface area (Å²) in [5.74, 6) is -0.291. The molecule has 122 valence electrons. The lowest BCUT2D eigenvalue weighted by Crippen LogP contribution is -2.26. The standard InChI is InChI=1S/C15H15ClN2O3S2/c1-8-14(23(17,20)21)7-13(22-8)15(19)18-12-5-2-9-6-10(16)3-4-11(9)12/h3-4,6-7,12H,2,5H2,1H3,(H,18,19)(H2,17,20,21)/t12-/m1/s1. The number of hydrogen-bond acceptors (Lipinski definition) is 4. The van der Waals surface area contributed by atoms with Gasteiger partial charge < -0.3 is 5.32 Å². The largest absolute Gasteiger partial charge is 0.345 e. The molecule has 1 aromatic carbocycles. The van der Waals surface area contributed by atoms with Crippen molar-refractivity contribution in [3.8, 4) is 0 Å². The van der Waals surface area contributed by atoms with Crippen LogP contribution in [0.4, 0.5) is 0 Å². The highest BCUT2D eigenvalue weighted by Crippen LogP contribution is 2.33. The van der Waals surface area contributed by atoms with Gasteiger partial charge in [0.1, 0.15) is 0 Å². The summed E-state index contributed by atoms with van der Waals surface area (Å²) in [5.41, 5.74) is 2.19. The minimum atomic E-state index is -3.81. The molecule has 0 radical (unpaired) electrons. The van der Waals surface area contributed by atoms with Crippen LogP contribution in [0.25, 0.3) is 0 Å². The molecule has 1 aliphatic rings. The molecule has 23 heavy (non-hydrogen) atoms. The Kier molecular flexibility index (Phi) is 4.22. The van der Waals surface area contributed by atoms with Crippen LogP contribution in [0.5, 0.6) is 0 Å². The van der Waals surface area contributed by atoms with Gasteiger partial charge in [0.05, 0.1) is 15.8 Å². The predicted octanol–water partition coefficient (Wildman–Crippen LogP) is 2.77. The first-order valence-electron chi connectivity index (χ1n) is 6.98. The molecule has 2 aromatic rings. The molecule has 0 unspecified atom stereocenters. The number of rotatable bonds is 3. The average molecular weight is 371 g/mol. The van der Waals surface area contributed by atoms with Crippen molar-refractivity contribution in [2.24, 2.45) is 5.14 Å². The van der Waals surface area contributed by atoms with Gasteiger partial charge in [0.2, 0.25) is 10.0 Å². The fraction of sp³-hybridized carbons (Fsp3) is 0.267. The van der Waals surface area contributed by atoms with Crippen LogP contribution in [-0.2, 0) is 16.4 Å². The summed E-state index contributed by atoms with van der Waals surface area (Å²) in [6, 6.07) is 6.89. The Morgan fingerprint density at radius 2 is 2.13 bits per heavy atom. The molecule has 0 bridgehead atoms. The summed E-state index contributed by atoms with van der Waals surface area (Å²) in [6.45, 7) is 1.63. The maximum Gasteiger partial charge on any atom is 0.261 e. The fourth-order valence-corrected chi connectivity index (χ4v) is 5.07. The number of primary sulfonamides is 1. The van der Waals surface area contributed by atoms with Crippen molar-refractivity contribution in [3.63, 3.8) is 0 Å². The van der Waals surface area contributed by atoms with Crippen LogP contribution in [0, 0.1) is 6.92 Å². The maximum atomic E-state index is 12.4. The minimum absolute atomic E-state index is 0.00579. The van der Waals surface area contributed by atoms with Gasteiger partial charge in [0.15, 0.2) is 0 Å². The molecule has 5 nitrogen and oxygen atoms in total. The predicted molar refractivity (Wildman–Crippen MR) is 90.4 cm³/mol. The summed E-state index contributed by atoms with van der Waals surface area (Å²) in [6.07, 6.45) is 1.65. The number of hydrogen-bond donors (Lipinski definition) is 2.